The highest BCUT2D eigenvalue weighted by Gasteiger charge is 2.21. The van der Waals surface area contributed by atoms with Gasteiger partial charge in [0.1, 0.15) is 13.2 Å². The number of nitrogens with one attached hydrogen (secondary N) is 2. The number of aryl methyl sites for hydroxylation is 2. The molecule has 10 heteroatoms. The van der Waals surface area contributed by atoms with Gasteiger partial charge in [0, 0.05) is 22.2 Å². The topological polar surface area (TPSA) is 107 Å². The smallest absolute Gasteiger partial charge is 0.262 e. The highest BCUT2D eigenvalue weighted by Crippen LogP contribution is 2.33. The molecule has 2 N–H and O–H groups in total. The molecule has 0 atom stereocenters. The van der Waals surface area contributed by atoms with E-state index >= 15 is 0 Å². The van der Waals surface area contributed by atoms with Crippen LogP contribution in [-0.4, -0.2) is 32.5 Å². The predicted octanol–water partition coefficient (Wildman–Crippen LogP) is 4.24. The van der Waals surface area contributed by atoms with Crippen molar-refractivity contribution in [1.82, 2.24) is 4.98 Å². The van der Waals surface area contributed by atoms with Gasteiger partial charge in [-0.25, -0.2) is 13.4 Å². The predicted molar refractivity (Wildman–Crippen MR) is 126 cm³/mol. The first-order valence-electron chi connectivity index (χ1n) is 10.8. The third-order valence-electron chi connectivity index (χ3n) is 5.52. The van der Waals surface area contributed by atoms with Gasteiger partial charge in [0.15, 0.2) is 16.6 Å². The van der Waals surface area contributed by atoms with Crippen molar-refractivity contribution in [3.8, 4) is 11.5 Å². The highest BCUT2D eigenvalue weighted by atomic mass is 32.2. The summed E-state index contributed by atoms with van der Waals surface area (Å²) in [7, 11) is -3.88. The summed E-state index contributed by atoms with van der Waals surface area (Å²) in [4.78, 5) is 18.7. The summed E-state index contributed by atoms with van der Waals surface area (Å²) in [6, 6.07) is 10.8. The maximum Gasteiger partial charge on any atom is 0.262 e. The summed E-state index contributed by atoms with van der Waals surface area (Å²) < 4.78 is 39.2. The lowest BCUT2D eigenvalue weighted by molar-refractivity contribution is 0.102. The van der Waals surface area contributed by atoms with Crippen LogP contribution >= 0.6 is 11.3 Å². The van der Waals surface area contributed by atoms with E-state index in [1.807, 2.05) is 0 Å². The molecule has 5 rings (SSSR count). The number of thiazole rings is 1. The molecule has 1 aromatic heterocycles. The molecular weight excluding hydrogens is 462 g/mol. The number of hydrogen-bond donors (Lipinski definition) is 2. The Bertz CT molecular complexity index is 1280. The second-order valence-corrected chi connectivity index (χ2v) is 10.7. The molecule has 8 nitrogen and oxygen atoms in total. The second kappa shape index (κ2) is 9.03. The summed E-state index contributed by atoms with van der Waals surface area (Å²) in [6.07, 6.45) is 5.42. The third kappa shape index (κ3) is 4.81. The molecule has 1 aliphatic carbocycles. The molecule has 3 aromatic rings. The molecule has 0 bridgehead atoms. The van der Waals surface area contributed by atoms with Gasteiger partial charge < -0.3 is 9.47 Å². The fourth-order valence-electron chi connectivity index (χ4n) is 3.88. The lowest BCUT2D eigenvalue weighted by Crippen LogP contribution is -2.17. The quantitative estimate of drug-likeness (QED) is 0.524. The molecule has 1 aliphatic heterocycles. The maximum absolute atomic E-state index is 12.9. The number of rotatable bonds is 5. The van der Waals surface area contributed by atoms with Gasteiger partial charge in [-0.05, 0) is 56.0 Å². The largest absolute Gasteiger partial charge is 0.486 e. The molecule has 2 heterocycles. The number of fused-ring (bicyclic) bond motifs is 2. The maximum atomic E-state index is 12.9. The number of nitrogens with zero attached hydrogens (tertiary/aromatic N) is 1. The van der Waals surface area contributed by atoms with Crippen molar-refractivity contribution in [2.75, 3.05) is 23.3 Å². The van der Waals surface area contributed by atoms with Crippen molar-refractivity contribution in [2.24, 2.45) is 0 Å². The average molecular weight is 486 g/mol. The first-order chi connectivity index (χ1) is 16.0. The van der Waals surface area contributed by atoms with Crippen LogP contribution in [0.4, 0.5) is 10.8 Å². The summed E-state index contributed by atoms with van der Waals surface area (Å²) >= 11 is 1.52. The fraction of sp³-hybridized carbons (Fsp3) is 0.304. The summed E-state index contributed by atoms with van der Waals surface area (Å²) in [6.45, 7) is 0.791. The number of carbonyl (C=O) groups is 1. The van der Waals surface area contributed by atoms with E-state index in [-0.39, 0.29) is 16.5 Å². The fourth-order valence-corrected chi connectivity index (χ4v) is 5.99. The van der Waals surface area contributed by atoms with E-state index in [9.17, 15) is 13.2 Å². The number of sulfonamides is 1. The van der Waals surface area contributed by atoms with Gasteiger partial charge in [0.05, 0.1) is 10.6 Å². The van der Waals surface area contributed by atoms with Gasteiger partial charge in [-0.15, -0.1) is 11.3 Å². The molecule has 0 saturated heterocycles. The number of carbonyl (C=O) groups excluding carboxylic acids is 1. The Labute approximate surface area is 196 Å². The summed E-state index contributed by atoms with van der Waals surface area (Å²) in [5.74, 6) is 0.566. The zero-order chi connectivity index (χ0) is 22.8. The van der Waals surface area contributed by atoms with Crippen LogP contribution in [0.25, 0.3) is 0 Å². The van der Waals surface area contributed by atoms with Crippen molar-refractivity contribution in [2.45, 2.75) is 37.0 Å². The number of anilines is 2. The van der Waals surface area contributed by atoms with E-state index in [0.717, 1.165) is 31.4 Å². The molecule has 2 aliphatic rings. The molecule has 0 radical (unpaired) electrons. The van der Waals surface area contributed by atoms with Gasteiger partial charge in [0.2, 0.25) is 0 Å². The number of hydrogen-bond acceptors (Lipinski definition) is 7. The Kier molecular flexibility index (Phi) is 5.94. The van der Waals surface area contributed by atoms with Gasteiger partial charge in [0.25, 0.3) is 15.9 Å². The van der Waals surface area contributed by atoms with Crippen molar-refractivity contribution in [1.29, 1.82) is 0 Å². The molecule has 0 saturated carbocycles. The first kappa shape index (κ1) is 21.7. The van der Waals surface area contributed by atoms with E-state index in [4.69, 9.17) is 9.47 Å². The van der Waals surface area contributed by atoms with E-state index in [2.05, 4.69) is 15.0 Å². The monoisotopic (exact) mass is 485 g/mol. The van der Waals surface area contributed by atoms with Crippen molar-refractivity contribution >= 4 is 38.1 Å². The van der Waals surface area contributed by atoms with Gasteiger partial charge in [-0.1, -0.05) is 12.5 Å². The summed E-state index contributed by atoms with van der Waals surface area (Å²) in [5, 5.41) is 3.43. The van der Waals surface area contributed by atoms with Crippen LogP contribution in [0.5, 0.6) is 11.5 Å². The van der Waals surface area contributed by atoms with Gasteiger partial charge in [-0.2, -0.15) is 0 Å². The third-order valence-corrected chi connectivity index (χ3v) is 7.97. The minimum Gasteiger partial charge on any atom is -0.486 e. The zero-order valence-electron chi connectivity index (χ0n) is 17.8. The van der Waals surface area contributed by atoms with E-state index in [1.165, 1.54) is 40.8 Å². The van der Waals surface area contributed by atoms with E-state index in [1.54, 1.807) is 24.3 Å². The van der Waals surface area contributed by atoms with Gasteiger partial charge >= 0.3 is 0 Å². The second-order valence-electron chi connectivity index (χ2n) is 7.90. The Morgan fingerprint density at radius 3 is 2.67 bits per heavy atom. The lowest BCUT2D eigenvalue weighted by Gasteiger charge is -2.19. The minimum absolute atomic E-state index is 0.0471. The Morgan fingerprint density at radius 2 is 1.79 bits per heavy atom. The molecule has 0 unspecified atom stereocenters. The van der Waals surface area contributed by atoms with Crippen molar-refractivity contribution in [3.05, 3.63) is 58.6 Å². The van der Waals surface area contributed by atoms with Crippen LogP contribution in [0.15, 0.2) is 47.4 Å². The van der Waals surface area contributed by atoms with Crippen LogP contribution in [0.1, 0.15) is 40.2 Å². The molecule has 1 amide bonds. The number of aromatic nitrogens is 1. The van der Waals surface area contributed by atoms with Crippen molar-refractivity contribution < 1.29 is 22.7 Å². The van der Waals surface area contributed by atoms with Crippen LogP contribution in [0.2, 0.25) is 0 Å². The Balaban J connectivity index is 1.31. The molecule has 0 fully saturated rings. The van der Waals surface area contributed by atoms with Crippen LogP contribution in [0.3, 0.4) is 0 Å². The molecular formula is C23H23N3O5S2. The Morgan fingerprint density at radius 1 is 0.970 bits per heavy atom. The molecule has 0 spiro atoms. The zero-order valence-corrected chi connectivity index (χ0v) is 19.4. The van der Waals surface area contributed by atoms with Crippen LogP contribution < -0.4 is 19.5 Å². The lowest BCUT2D eigenvalue weighted by atomic mass is 10.2. The van der Waals surface area contributed by atoms with Crippen LogP contribution in [0, 0.1) is 0 Å². The number of benzene rings is 2. The normalized spacial score (nSPS) is 15.3. The van der Waals surface area contributed by atoms with E-state index in [0.29, 0.717) is 35.4 Å². The summed E-state index contributed by atoms with van der Waals surface area (Å²) in [5.41, 5.74) is 1.70. The number of amides is 1. The average Bonchev–Trinajstić information content (AvgIpc) is 3.06. The molecule has 2 aromatic carbocycles. The molecule has 33 heavy (non-hydrogen) atoms. The highest BCUT2D eigenvalue weighted by molar-refractivity contribution is 7.92. The molecule has 172 valence electrons. The number of ether oxygens (including phenoxy) is 2. The SMILES string of the molecule is O=C(Nc1nc2c(s1)CCCCC2)c1cccc(NS(=O)(=O)c2ccc3c(c2)OCCO3)c1. The Hall–Kier alpha value is -3.11. The van der Waals surface area contributed by atoms with Crippen molar-refractivity contribution in [3.63, 3.8) is 0 Å². The minimum atomic E-state index is -3.88. The van der Waals surface area contributed by atoms with Gasteiger partial charge in [-0.3, -0.25) is 14.8 Å². The van der Waals surface area contributed by atoms with Crippen LogP contribution in [-0.2, 0) is 22.9 Å². The van der Waals surface area contributed by atoms with E-state index < -0.39 is 10.0 Å². The first-order valence-corrected chi connectivity index (χ1v) is 13.1. The standard InChI is InChI=1S/C23H23N3O5S2/c27-22(25-23-24-18-7-2-1-3-8-21(18)32-23)15-5-4-6-16(13-15)26-33(28,29)17-9-10-19-20(14-17)31-12-11-30-19/h4-6,9-10,13-14,26H,1-3,7-8,11-12H2,(H,24,25,27).